The Balaban J connectivity index is 1.78. The standard InChI is InChI=1S/C19H25BrN4/c1-18(2,3)17-19(6-8-21-9-7-19)11-24(17)16-14-10-13(20)4-5-15(14)22-12-23-16/h4-5,10,12,17,21H,6-9,11H2,1-3H3. The maximum Gasteiger partial charge on any atom is 0.140 e. The Labute approximate surface area is 152 Å². The van der Waals surface area contributed by atoms with Crippen molar-refractivity contribution in [3.8, 4) is 0 Å². The van der Waals surface area contributed by atoms with E-state index < -0.39 is 0 Å². The lowest BCUT2D eigenvalue weighted by molar-refractivity contribution is 0.0167. The topological polar surface area (TPSA) is 41.1 Å². The Morgan fingerprint density at radius 3 is 2.67 bits per heavy atom. The highest BCUT2D eigenvalue weighted by Gasteiger charge is 2.57. The average Bonchev–Trinajstić information content (AvgIpc) is 2.51. The van der Waals surface area contributed by atoms with E-state index in [0.717, 1.165) is 40.8 Å². The summed E-state index contributed by atoms with van der Waals surface area (Å²) in [4.78, 5) is 11.7. The fourth-order valence-corrected chi connectivity index (χ4v) is 5.28. The number of nitrogens with zero attached hydrogens (tertiary/aromatic N) is 3. The number of hydrogen-bond donors (Lipinski definition) is 1. The number of hydrogen-bond acceptors (Lipinski definition) is 4. The first-order chi connectivity index (χ1) is 11.4. The predicted molar refractivity (Wildman–Crippen MR) is 102 cm³/mol. The highest BCUT2D eigenvalue weighted by atomic mass is 79.9. The Kier molecular flexibility index (Phi) is 3.84. The summed E-state index contributed by atoms with van der Waals surface area (Å²) in [6.45, 7) is 10.5. The van der Waals surface area contributed by atoms with Crippen molar-refractivity contribution >= 4 is 32.7 Å². The predicted octanol–water partition coefficient (Wildman–Crippen LogP) is 4.00. The monoisotopic (exact) mass is 388 g/mol. The van der Waals surface area contributed by atoms with E-state index in [2.05, 4.69) is 64.0 Å². The van der Waals surface area contributed by atoms with Crippen molar-refractivity contribution < 1.29 is 0 Å². The van der Waals surface area contributed by atoms with Crippen LogP contribution in [-0.2, 0) is 0 Å². The number of fused-ring (bicyclic) bond motifs is 1. The average molecular weight is 389 g/mol. The van der Waals surface area contributed by atoms with E-state index in [9.17, 15) is 0 Å². The summed E-state index contributed by atoms with van der Waals surface area (Å²) in [5.74, 6) is 1.09. The van der Waals surface area contributed by atoms with Crippen molar-refractivity contribution in [1.29, 1.82) is 0 Å². The van der Waals surface area contributed by atoms with Crippen LogP contribution in [0.5, 0.6) is 0 Å². The molecule has 2 aromatic rings. The van der Waals surface area contributed by atoms with Crippen LogP contribution in [0.4, 0.5) is 5.82 Å². The molecule has 4 nitrogen and oxygen atoms in total. The zero-order valence-corrected chi connectivity index (χ0v) is 16.2. The molecule has 2 saturated heterocycles. The molecule has 5 heteroatoms. The van der Waals surface area contributed by atoms with Crippen molar-refractivity contribution in [3.05, 3.63) is 29.0 Å². The quantitative estimate of drug-likeness (QED) is 0.801. The van der Waals surface area contributed by atoms with Crippen molar-refractivity contribution in [2.45, 2.75) is 39.7 Å². The van der Waals surface area contributed by atoms with Gasteiger partial charge in [0.2, 0.25) is 0 Å². The van der Waals surface area contributed by atoms with Gasteiger partial charge in [-0.3, -0.25) is 0 Å². The number of aromatic nitrogens is 2. The molecule has 0 amide bonds. The zero-order valence-electron chi connectivity index (χ0n) is 14.6. The fraction of sp³-hybridized carbons (Fsp3) is 0.579. The molecule has 0 saturated carbocycles. The van der Waals surface area contributed by atoms with Crippen LogP contribution in [0, 0.1) is 10.8 Å². The van der Waals surface area contributed by atoms with Crippen molar-refractivity contribution in [1.82, 2.24) is 15.3 Å². The van der Waals surface area contributed by atoms with E-state index in [0.29, 0.717) is 11.5 Å². The first-order valence-corrected chi connectivity index (χ1v) is 9.58. The molecule has 0 aliphatic carbocycles. The van der Waals surface area contributed by atoms with Crippen molar-refractivity contribution in [2.75, 3.05) is 24.5 Å². The molecule has 2 fully saturated rings. The van der Waals surface area contributed by atoms with E-state index in [1.807, 2.05) is 6.07 Å². The first kappa shape index (κ1) is 16.3. The Bertz CT molecular complexity index is 762. The molecule has 24 heavy (non-hydrogen) atoms. The summed E-state index contributed by atoms with van der Waals surface area (Å²) in [6.07, 6.45) is 4.23. The third-order valence-electron chi connectivity index (χ3n) is 5.65. The molecule has 1 N–H and O–H groups in total. The zero-order chi connectivity index (χ0) is 16.9. The smallest absolute Gasteiger partial charge is 0.140 e. The van der Waals surface area contributed by atoms with Crippen LogP contribution in [0.1, 0.15) is 33.6 Å². The molecule has 1 atom stereocenters. The number of halogens is 1. The van der Waals surface area contributed by atoms with Gasteiger partial charge < -0.3 is 10.2 Å². The summed E-state index contributed by atoms with van der Waals surface area (Å²) >= 11 is 3.60. The molecule has 1 aromatic heterocycles. The van der Waals surface area contributed by atoms with Crippen LogP contribution < -0.4 is 10.2 Å². The third kappa shape index (κ3) is 2.53. The summed E-state index contributed by atoms with van der Waals surface area (Å²) < 4.78 is 1.08. The van der Waals surface area contributed by atoms with Crippen LogP contribution in [0.15, 0.2) is 29.0 Å². The molecule has 1 unspecified atom stereocenters. The highest BCUT2D eigenvalue weighted by molar-refractivity contribution is 9.10. The fourth-order valence-electron chi connectivity index (χ4n) is 4.92. The number of benzene rings is 1. The summed E-state index contributed by atoms with van der Waals surface area (Å²) in [5.41, 5.74) is 1.66. The van der Waals surface area contributed by atoms with Crippen LogP contribution in [0.3, 0.4) is 0 Å². The van der Waals surface area contributed by atoms with E-state index in [1.165, 1.54) is 12.8 Å². The number of rotatable bonds is 1. The second kappa shape index (κ2) is 5.67. The van der Waals surface area contributed by atoms with Gasteiger partial charge in [0.05, 0.1) is 5.52 Å². The van der Waals surface area contributed by atoms with Gasteiger partial charge in [0.1, 0.15) is 12.1 Å². The van der Waals surface area contributed by atoms with Crippen molar-refractivity contribution in [3.63, 3.8) is 0 Å². The lowest BCUT2D eigenvalue weighted by Crippen LogP contribution is -2.71. The van der Waals surface area contributed by atoms with Gasteiger partial charge in [-0.2, -0.15) is 0 Å². The molecule has 3 heterocycles. The molecule has 1 aromatic carbocycles. The van der Waals surface area contributed by atoms with Gasteiger partial charge in [0.25, 0.3) is 0 Å². The Morgan fingerprint density at radius 2 is 1.96 bits per heavy atom. The van der Waals surface area contributed by atoms with Crippen LogP contribution in [0.2, 0.25) is 0 Å². The Hall–Kier alpha value is -1.20. The van der Waals surface area contributed by atoms with Gasteiger partial charge in [-0.15, -0.1) is 0 Å². The van der Waals surface area contributed by atoms with Gasteiger partial charge in [-0.1, -0.05) is 36.7 Å². The second-order valence-corrected chi connectivity index (χ2v) is 9.28. The maximum atomic E-state index is 4.69. The molecular weight excluding hydrogens is 364 g/mol. The molecule has 0 bridgehead atoms. The van der Waals surface area contributed by atoms with Crippen LogP contribution in [0.25, 0.3) is 10.9 Å². The van der Waals surface area contributed by atoms with E-state index in [4.69, 9.17) is 4.98 Å². The van der Waals surface area contributed by atoms with Gasteiger partial charge in [-0.05, 0) is 49.5 Å². The minimum absolute atomic E-state index is 0.221. The normalized spacial score (nSPS) is 23.5. The number of piperidine rings is 1. The minimum Gasteiger partial charge on any atom is -0.351 e. The molecule has 0 radical (unpaired) electrons. The molecule has 1 spiro atoms. The van der Waals surface area contributed by atoms with Crippen LogP contribution in [-0.4, -0.2) is 35.6 Å². The lowest BCUT2D eigenvalue weighted by atomic mass is 9.58. The lowest BCUT2D eigenvalue weighted by Gasteiger charge is -2.64. The molecule has 4 rings (SSSR count). The number of anilines is 1. The van der Waals surface area contributed by atoms with E-state index in [-0.39, 0.29) is 5.41 Å². The van der Waals surface area contributed by atoms with Gasteiger partial charge in [-0.25, -0.2) is 9.97 Å². The van der Waals surface area contributed by atoms with E-state index in [1.54, 1.807) is 6.33 Å². The minimum atomic E-state index is 0.221. The van der Waals surface area contributed by atoms with Crippen molar-refractivity contribution in [2.24, 2.45) is 10.8 Å². The van der Waals surface area contributed by atoms with Gasteiger partial charge in [0, 0.05) is 27.9 Å². The molecular formula is C19H25BrN4. The summed E-state index contributed by atoms with van der Waals surface area (Å²) in [6, 6.07) is 6.78. The number of nitrogens with one attached hydrogen (secondary N) is 1. The van der Waals surface area contributed by atoms with Crippen LogP contribution >= 0.6 is 15.9 Å². The second-order valence-electron chi connectivity index (χ2n) is 8.37. The summed E-state index contributed by atoms with van der Waals surface area (Å²) in [5, 5.41) is 4.66. The first-order valence-electron chi connectivity index (χ1n) is 8.78. The Morgan fingerprint density at radius 1 is 1.21 bits per heavy atom. The van der Waals surface area contributed by atoms with Gasteiger partial charge >= 0.3 is 0 Å². The van der Waals surface area contributed by atoms with Gasteiger partial charge in [0.15, 0.2) is 0 Å². The summed E-state index contributed by atoms with van der Waals surface area (Å²) in [7, 11) is 0. The SMILES string of the molecule is CC(C)(C)C1N(c2ncnc3ccc(Br)cc23)CC12CCNCC2. The maximum absolute atomic E-state index is 4.69. The third-order valence-corrected chi connectivity index (χ3v) is 6.14. The molecule has 2 aliphatic heterocycles. The highest BCUT2D eigenvalue weighted by Crippen LogP contribution is 2.53. The largest absolute Gasteiger partial charge is 0.351 e. The molecule has 2 aliphatic rings. The molecule has 128 valence electrons. The van der Waals surface area contributed by atoms with E-state index >= 15 is 0 Å².